The summed E-state index contributed by atoms with van der Waals surface area (Å²) in [6, 6.07) is -0.328. The van der Waals surface area contributed by atoms with E-state index >= 15 is 0 Å². The molecule has 0 radical (unpaired) electrons. The number of hydrogen-bond acceptors (Lipinski definition) is 3. The Hall–Kier alpha value is -1.31. The Bertz CT molecular complexity index is 314. The monoisotopic (exact) mass is 267 g/mol. The van der Waals surface area contributed by atoms with E-state index < -0.39 is 18.6 Å². The van der Waals surface area contributed by atoms with Crippen LogP contribution in [0.3, 0.4) is 0 Å². The quantitative estimate of drug-likeness (QED) is 0.746. The highest BCUT2D eigenvalue weighted by molar-refractivity contribution is 5.87. The minimum atomic E-state index is -4.44. The summed E-state index contributed by atoms with van der Waals surface area (Å²) in [7, 11) is 1.40. The molecular weight excluding hydrogens is 251 g/mol. The van der Waals surface area contributed by atoms with E-state index in [-0.39, 0.29) is 18.5 Å². The number of amides is 2. The number of alkyl halides is 3. The molecule has 0 bridgehead atoms. The fraction of sp³-hybridized carbons (Fsp3) is 0.800. The number of hydrogen-bond donors (Lipinski definition) is 2. The first kappa shape index (κ1) is 14.7. The minimum absolute atomic E-state index is 0.269. The number of carbonyl (C=O) groups is 2. The second-order valence-electron chi connectivity index (χ2n) is 4.24. The Balaban J connectivity index is 2.32. The summed E-state index contributed by atoms with van der Waals surface area (Å²) in [5.74, 6) is -1.09. The van der Waals surface area contributed by atoms with Gasteiger partial charge in [0.1, 0.15) is 6.54 Å². The molecule has 1 aliphatic heterocycles. The van der Waals surface area contributed by atoms with E-state index in [0.717, 1.165) is 17.9 Å². The number of carbonyl (C=O) groups excluding carboxylic acids is 2. The minimum Gasteiger partial charge on any atom is -0.345 e. The molecule has 18 heavy (non-hydrogen) atoms. The molecular formula is C10H16F3N3O2. The van der Waals surface area contributed by atoms with Gasteiger partial charge < -0.3 is 15.5 Å². The molecule has 1 heterocycles. The Kier molecular flexibility index (Phi) is 4.94. The van der Waals surface area contributed by atoms with E-state index in [1.807, 2.05) is 0 Å². The highest BCUT2D eigenvalue weighted by Crippen LogP contribution is 2.12. The third-order valence-corrected chi connectivity index (χ3v) is 2.60. The van der Waals surface area contributed by atoms with Gasteiger partial charge in [0.25, 0.3) is 0 Å². The van der Waals surface area contributed by atoms with Crippen LogP contribution in [-0.2, 0) is 9.59 Å². The van der Waals surface area contributed by atoms with Crippen molar-refractivity contribution in [1.82, 2.24) is 15.5 Å². The summed E-state index contributed by atoms with van der Waals surface area (Å²) >= 11 is 0. The number of rotatable bonds is 4. The molecule has 104 valence electrons. The van der Waals surface area contributed by atoms with Crippen molar-refractivity contribution in [3.8, 4) is 0 Å². The maximum Gasteiger partial charge on any atom is 0.405 e. The van der Waals surface area contributed by atoms with Crippen molar-refractivity contribution in [2.45, 2.75) is 25.1 Å². The van der Waals surface area contributed by atoms with Crippen molar-refractivity contribution in [1.29, 1.82) is 0 Å². The van der Waals surface area contributed by atoms with Crippen molar-refractivity contribution in [3.63, 3.8) is 0 Å². The maximum atomic E-state index is 11.9. The van der Waals surface area contributed by atoms with Crippen LogP contribution in [0.1, 0.15) is 12.8 Å². The van der Waals surface area contributed by atoms with Gasteiger partial charge in [-0.15, -0.1) is 0 Å². The molecule has 0 aliphatic carbocycles. The Morgan fingerprint density at radius 2 is 2.11 bits per heavy atom. The van der Waals surface area contributed by atoms with Crippen LogP contribution in [-0.4, -0.2) is 55.6 Å². The van der Waals surface area contributed by atoms with Crippen molar-refractivity contribution in [2.75, 3.05) is 26.7 Å². The topological polar surface area (TPSA) is 61.4 Å². The first-order chi connectivity index (χ1) is 8.29. The molecule has 1 fully saturated rings. The summed E-state index contributed by atoms with van der Waals surface area (Å²) in [6.07, 6.45) is -2.87. The highest BCUT2D eigenvalue weighted by Gasteiger charge is 2.29. The normalized spacial score (nSPS) is 19.7. The zero-order valence-corrected chi connectivity index (χ0v) is 10.0. The van der Waals surface area contributed by atoms with E-state index in [0.29, 0.717) is 6.42 Å². The zero-order chi connectivity index (χ0) is 13.8. The summed E-state index contributed by atoms with van der Waals surface area (Å²) in [5.41, 5.74) is 0. The molecule has 1 aliphatic rings. The summed E-state index contributed by atoms with van der Waals surface area (Å²) in [5, 5.41) is 4.68. The second kappa shape index (κ2) is 6.03. The van der Waals surface area contributed by atoms with Crippen LogP contribution < -0.4 is 10.6 Å². The molecule has 2 amide bonds. The van der Waals surface area contributed by atoms with Gasteiger partial charge in [-0.1, -0.05) is 0 Å². The van der Waals surface area contributed by atoms with Crippen molar-refractivity contribution in [3.05, 3.63) is 0 Å². The van der Waals surface area contributed by atoms with Gasteiger partial charge in [-0.3, -0.25) is 9.59 Å². The van der Waals surface area contributed by atoms with Crippen molar-refractivity contribution in [2.24, 2.45) is 0 Å². The number of nitrogens with zero attached hydrogens (tertiary/aromatic N) is 1. The smallest absolute Gasteiger partial charge is 0.345 e. The third-order valence-electron chi connectivity index (χ3n) is 2.60. The van der Waals surface area contributed by atoms with Gasteiger partial charge in [-0.05, 0) is 19.4 Å². The Morgan fingerprint density at radius 3 is 2.61 bits per heavy atom. The molecule has 8 heteroatoms. The molecule has 1 saturated heterocycles. The lowest BCUT2D eigenvalue weighted by atomic mass is 10.2. The van der Waals surface area contributed by atoms with Crippen LogP contribution in [0, 0.1) is 0 Å². The molecule has 0 aromatic rings. The standard InChI is InChI=1S/C10H16F3N3O2/c1-16(9(18)7-3-2-4-14-7)5-8(17)15-6-10(11,12)13/h7,14H,2-6H2,1H3,(H,15,17)/t7-/m1/s1. The SMILES string of the molecule is CN(CC(=O)NCC(F)(F)F)C(=O)[C@H]1CCCN1. The van der Waals surface area contributed by atoms with Crippen LogP contribution in [0.5, 0.6) is 0 Å². The van der Waals surface area contributed by atoms with E-state index in [4.69, 9.17) is 0 Å². The van der Waals surface area contributed by atoms with Gasteiger partial charge >= 0.3 is 6.18 Å². The fourth-order valence-corrected chi connectivity index (χ4v) is 1.71. The molecule has 0 aromatic heterocycles. The van der Waals surface area contributed by atoms with Gasteiger partial charge in [-0.2, -0.15) is 13.2 Å². The third kappa shape index (κ3) is 4.91. The van der Waals surface area contributed by atoms with Crippen LogP contribution >= 0.6 is 0 Å². The van der Waals surface area contributed by atoms with E-state index in [2.05, 4.69) is 5.32 Å². The average Bonchev–Trinajstić information content (AvgIpc) is 2.77. The first-order valence-corrected chi connectivity index (χ1v) is 5.61. The predicted molar refractivity (Wildman–Crippen MR) is 57.7 cm³/mol. The second-order valence-corrected chi connectivity index (χ2v) is 4.24. The van der Waals surface area contributed by atoms with Crippen LogP contribution in [0.2, 0.25) is 0 Å². The summed E-state index contributed by atoms with van der Waals surface area (Å²) in [4.78, 5) is 24.1. The van der Waals surface area contributed by atoms with Crippen LogP contribution in [0.15, 0.2) is 0 Å². The summed E-state index contributed by atoms with van der Waals surface area (Å²) in [6.45, 7) is -1.01. The highest BCUT2D eigenvalue weighted by atomic mass is 19.4. The molecule has 0 aromatic carbocycles. The van der Waals surface area contributed by atoms with Gasteiger partial charge in [0.05, 0.1) is 12.6 Å². The molecule has 0 unspecified atom stereocenters. The maximum absolute atomic E-state index is 11.9. The number of likely N-dealkylation sites (N-methyl/N-ethyl adjacent to an activating group) is 1. The lowest BCUT2D eigenvalue weighted by Gasteiger charge is -2.20. The zero-order valence-electron chi connectivity index (χ0n) is 10.0. The lowest BCUT2D eigenvalue weighted by Crippen LogP contribution is -2.46. The van der Waals surface area contributed by atoms with Gasteiger partial charge in [-0.25, -0.2) is 0 Å². The molecule has 2 N–H and O–H groups in total. The van der Waals surface area contributed by atoms with Gasteiger partial charge in [0.15, 0.2) is 0 Å². The summed E-state index contributed by atoms with van der Waals surface area (Å²) < 4.78 is 35.6. The molecule has 1 atom stereocenters. The Morgan fingerprint density at radius 1 is 1.44 bits per heavy atom. The molecule has 1 rings (SSSR count). The van der Waals surface area contributed by atoms with Gasteiger partial charge in [0.2, 0.25) is 11.8 Å². The first-order valence-electron chi connectivity index (χ1n) is 5.61. The largest absolute Gasteiger partial charge is 0.405 e. The van der Waals surface area contributed by atoms with Crippen LogP contribution in [0.4, 0.5) is 13.2 Å². The number of halogens is 3. The van der Waals surface area contributed by atoms with E-state index in [1.165, 1.54) is 7.05 Å². The molecule has 0 saturated carbocycles. The van der Waals surface area contributed by atoms with Crippen molar-refractivity contribution >= 4 is 11.8 Å². The molecule has 0 spiro atoms. The van der Waals surface area contributed by atoms with Crippen LogP contribution in [0.25, 0.3) is 0 Å². The van der Waals surface area contributed by atoms with Gasteiger partial charge in [0, 0.05) is 7.05 Å². The predicted octanol–water partition coefficient (Wildman–Crippen LogP) is -0.125. The Labute approximate surface area is 103 Å². The molecule has 5 nitrogen and oxygen atoms in total. The average molecular weight is 267 g/mol. The fourth-order valence-electron chi connectivity index (χ4n) is 1.71. The number of nitrogens with one attached hydrogen (secondary N) is 2. The lowest BCUT2D eigenvalue weighted by molar-refractivity contribution is -0.142. The van der Waals surface area contributed by atoms with Crippen molar-refractivity contribution < 1.29 is 22.8 Å². The van der Waals surface area contributed by atoms with E-state index in [1.54, 1.807) is 5.32 Å². The van der Waals surface area contributed by atoms with E-state index in [9.17, 15) is 22.8 Å².